The van der Waals surface area contributed by atoms with Gasteiger partial charge in [0, 0.05) is 38.6 Å². The van der Waals surface area contributed by atoms with Crippen LogP contribution < -0.4 is 4.90 Å². The maximum atomic E-state index is 3.36. The van der Waals surface area contributed by atoms with Crippen molar-refractivity contribution < 1.29 is 0 Å². The molecule has 0 aliphatic heterocycles. The summed E-state index contributed by atoms with van der Waals surface area (Å²) in [5.74, 6) is 0. The van der Waals surface area contributed by atoms with E-state index in [0.717, 1.165) is 17.1 Å². The minimum atomic E-state index is -0.0357. The summed E-state index contributed by atoms with van der Waals surface area (Å²) in [6.45, 7) is 11.4. The van der Waals surface area contributed by atoms with Gasteiger partial charge in [0.2, 0.25) is 0 Å². The third-order valence-corrected chi connectivity index (χ3v) is 12.4. The number of anilines is 3. The van der Waals surface area contributed by atoms with E-state index >= 15 is 0 Å². The summed E-state index contributed by atoms with van der Waals surface area (Å²) in [6, 6.07) is 75.5. The molecular weight excluding hydrogens is 737 g/mol. The molecule has 0 unspecified atom stereocenters. The maximum absolute atomic E-state index is 3.36. The summed E-state index contributed by atoms with van der Waals surface area (Å²) < 4.78 is 2.38. The predicted molar refractivity (Wildman–Crippen MR) is 262 cm³/mol. The molecule has 292 valence electrons. The molecule has 0 radical (unpaired) electrons. The topological polar surface area (TPSA) is 8.17 Å². The van der Waals surface area contributed by atoms with Crippen molar-refractivity contribution in [1.29, 1.82) is 0 Å². The fraction of sp³-hybridized carbons (Fsp3) is 0.0508. The molecule has 61 heavy (non-hydrogen) atoms. The zero-order valence-corrected chi connectivity index (χ0v) is 34.6. The van der Waals surface area contributed by atoms with Crippen LogP contribution in [0.25, 0.3) is 71.6 Å². The highest BCUT2D eigenvalue weighted by Gasteiger charge is 2.35. The number of benzene rings is 9. The molecule has 1 aliphatic carbocycles. The summed E-state index contributed by atoms with van der Waals surface area (Å²) in [5, 5.41) is 4.93. The molecule has 1 aliphatic rings. The Morgan fingerprint density at radius 2 is 0.984 bits per heavy atom. The van der Waals surface area contributed by atoms with E-state index in [1.165, 1.54) is 82.8 Å². The first kappa shape index (κ1) is 37.6. The summed E-state index contributed by atoms with van der Waals surface area (Å²) >= 11 is 0. The van der Waals surface area contributed by atoms with Gasteiger partial charge in [-0.3, -0.25) is 0 Å². The number of rotatable bonds is 7. The van der Waals surface area contributed by atoms with Crippen LogP contribution in [0.15, 0.2) is 232 Å². The van der Waals surface area contributed by atoms with Crippen LogP contribution in [0.4, 0.5) is 17.1 Å². The fourth-order valence-corrected chi connectivity index (χ4v) is 9.43. The van der Waals surface area contributed by atoms with E-state index in [9.17, 15) is 0 Å². The van der Waals surface area contributed by atoms with Crippen LogP contribution in [0, 0.1) is 0 Å². The average Bonchev–Trinajstić information content (AvgIpc) is 3.77. The molecular formula is C59H46N2. The van der Waals surface area contributed by atoms with Gasteiger partial charge < -0.3 is 9.47 Å². The zero-order chi connectivity index (χ0) is 41.5. The van der Waals surface area contributed by atoms with Gasteiger partial charge in [-0.2, -0.15) is 0 Å². The molecule has 2 nitrogen and oxygen atoms in total. The lowest BCUT2D eigenvalue weighted by Gasteiger charge is -2.27. The summed E-state index contributed by atoms with van der Waals surface area (Å²) in [4.78, 5) is 2.40. The van der Waals surface area contributed by atoms with Crippen molar-refractivity contribution in [3.63, 3.8) is 0 Å². The van der Waals surface area contributed by atoms with Crippen LogP contribution in [0.1, 0.15) is 25.0 Å². The number of fused-ring (bicyclic) bond motifs is 7. The van der Waals surface area contributed by atoms with Crippen molar-refractivity contribution >= 4 is 49.6 Å². The predicted octanol–water partition coefficient (Wildman–Crippen LogP) is 16.4. The number of hydrogen-bond acceptors (Lipinski definition) is 1. The van der Waals surface area contributed by atoms with Crippen molar-refractivity contribution in [2.45, 2.75) is 19.3 Å². The third kappa shape index (κ3) is 6.45. The highest BCUT2D eigenvalue weighted by Crippen LogP contribution is 2.50. The Morgan fingerprint density at radius 1 is 0.410 bits per heavy atom. The SMILES string of the molecule is C=CC=C.CC1(C)c2ccccc2-c2ccc(-c3ccc(N(c4ccccc4)c4cccc5c(-c6ccc7c(c6)c6ccccc6n7-c6ccccc6)cccc45)cc3)cc21. The van der Waals surface area contributed by atoms with Gasteiger partial charge in [-0.15, -0.1) is 0 Å². The maximum Gasteiger partial charge on any atom is 0.0541 e. The highest BCUT2D eigenvalue weighted by atomic mass is 15.1. The Balaban J connectivity index is 0.00000107. The average molecular weight is 783 g/mol. The molecule has 0 N–H and O–H groups in total. The number of hydrogen-bond donors (Lipinski definition) is 0. The zero-order valence-electron chi connectivity index (χ0n) is 34.6. The normalized spacial score (nSPS) is 12.4. The standard InChI is InChI=1S/C55H40N2.C4H6/c1-55(2)50-24-11-9-19-45(50)46-33-29-38(36-51(46)55)37-27-31-42(32-28-37)56(40-15-5-3-6-16-40)52-26-14-22-44-43(21-13-23-47(44)52)39-30-34-54-49(35-39)48-20-10-12-25-53(48)57(54)41-17-7-4-8-18-41;1-3-4-2/h3-36H,1-2H3;3-4H,1-2H2. The van der Waals surface area contributed by atoms with E-state index < -0.39 is 0 Å². The molecule has 9 aromatic carbocycles. The van der Waals surface area contributed by atoms with Crippen LogP contribution in [-0.2, 0) is 5.41 Å². The number of para-hydroxylation sites is 3. The van der Waals surface area contributed by atoms with Gasteiger partial charge >= 0.3 is 0 Å². The Bertz CT molecular complexity index is 3240. The molecule has 0 saturated carbocycles. The first-order valence-electron chi connectivity index (χ1n) is 21.0. The van der Waals surface area contributed by atoms with Crippen LogP contribution in [0.2, 0.25) is 0 Å². The van der Waals surface area contributed by atoms with Gasteiger partial charge in [-0.25, -0.2) is 0 Å². The molecule has 0 saturated heterocycles. The second-order valence-electron chi connectivity index (χ2n) is 16.2. The smallest absolute Gasteiger partial charge is 0.0541 e. The molecule has 0 fully saturated rings. The Labute approximate surface area is 358 Å². The molecule has 1 heterocycles. The highest BCUT2D eigenvalue weighted by molar-refractivity contribution is 6.12. The van der Waals surface area contributed by atoms with Crippen LogP contribution in [0.5, 0.6) is 0 Å². The Hall–Kier alpha value is -7.68. The van der Waals surface area contributed by atoms with Crippen molar-refractivity contribution in [3.8, 4) is 39.1 Å². The largest absolute Gasteiger partial charge is 0.310 e. The fourth-order valence-electron chi connectivity index (χ4n) is 9.43. The van der Waals surface area contributed by atoms with Crippen molar-refractivity contribution in [3.05, 3.63) is 243 Å². The molecule has 0 atom stereocenters. The van der Waals surface area contributed by atoms with Gasteiger partial charge in [0.15, 0.2) is 0 Å². The minimum Gasteiger partial charge on any atom is -0.310 e. The van der Waals surface area contributed by atoms with E-state index in [4.69, 9.17) is 0 Å². The second kappa shape index (κ2) is 15.5. The van der Waals surface area contributed by atoms with Crippen molar-refractivity contribution in [2.75, 3.05) is 4.90 Å². The Morgan fingerprint density at radius 3 is 1.77 bits per heavy atom. The van der Waals surface area contributed by atoms with E-state index in [1.54, 1.807) is 12.2 Å². The lowest BCUT2D eigenvalue weighted by atomic mass is 9.81. The number of aromatic nitrogens is 1. The minimum absolute atomic E-state index is 0.0357. The van der Waals surface area contributed by atoms with Crippen LogP contribution in [0.3, 0.4) is 0 Å². The van der Waals surface area contributed by atoms with E-state index in [0.29, 0.717) is 0 Å². The van der Waals surface area contributed by atoms with Crippen molar-refractivity contribution in [2.24, 2.45) is 0 Å². The lowest BCUT2D eigenvalue weighted by molar-refractivity contribution is 0.660. The van der Waals surface area contributed by atoms with Crippen molar-refractivity contribution in [1.82, 2.24) is 4.57 Å². The number of nitrogens with zero attached hydrogens (tertiary/aromatic N) is 2. The van der Waals surface area contributed by atoms with Crippen LogP contribution in [-0.4, -0.2) is 4.57 Å². The van der Waals surface area contributed by atoms with Gasteiger partial charge in [-0.1, -0.05) is 179 Å². The molecule has 10 aromatic rings. The Kier molecular flexibility index (Phi) is 9.54. The second-order valence-corrected chi connectivity index (χ2v) is 16.2. The van der Waals surface area contributed by atoms with E-state index in [1.807, 2.05) is 0 Å². The van der Waals surface area contributed by atoms with E-state index in [-0.39, 0.29) is 5.41 Å². The summed E-state index contributed by atoms with van der Waals surface area (Å²) in [7, 11) is 0. The van der Waals surface area contributed by atoms with Gasteiger partial charge in [0.25, 0.3) is 0 Å². The van der Waals surface area contributed by atoms with E-state index in [2.05, 4.69) is 243 Å². The summed E-state index contributed by atoms with van der Waals surface area (Å²) in [5.41, 5.74) is 17.3. The first-order valence-corrected chi connectivity index (χ1v) is 21.0. The molecule has 11 rings (SSSR count). The molecule has 0 amide bonds. The van der Waals surface area contributed by atoms with Gasteiger partial charge in [0.1, 0.15) is 0 Å². The monoisotopic (exact) mass is 782 g/mol. The van der Waals surface area contributed by atoms with Gasteiger partial charge in [0.05, 0.1) is 16.7 Å². The third-order valence-electron chi connectivity index (χ3n) is 12.4. The lowest BCUT2D eigenvalue weighted by Crippen LogP contribution is -2.14. The number of allylic oxidation sites excluding steroid dienone is 2. The quantitative estimate of drug-likeness (QED) is 0.146. The first-order chi connectivity index (χ1) is 30.0. The van der Waals surface area contributed by atoms with Gasteiger partial charge in [-0.05, 0) is 117 Å². The van der Waals surface area contributed by atoms with Crippen LogP contribution >= 0.6 is 0 Å². The summed E-state index contributed by atoms with van der Waals surface area (Å²) in [6.07, 6.45) is 3.28. The molecule has 0 spiro atoms. The molecule has 0 bridgehead atoms. The molecule has 2 heteroatoms. The molecule has 1 aromatic heterocycles.